The average molecular weight is 336 g/mol. The predicted molar refractivity (Wildman–Crippen MR) is 96.7 cm³/mol. The van der Waals surface area contributed by atoms with Crippen LogP contribution >= 0.6 is 0 Å². The van der Waals surface area contributed by atoms with Gasteiger partial charge in [0.05, 0.1) is 6.54 Å². The average Bonchev–Trinajstić information content (AvgIpc) is 2.46. The maximum absolute atomic E-state index is 13.1. The van der Waals surface area contributed by atoms with Crippen LogP contribution in [0, 0.1) is 5.82 Å². The first kappa shape index (κ1) is 19.9. The molecule has 0 radical (unpaired) electrons. The van der Waals surface area contributed by atoms with E-state index in [1.165, 1.54) is 12.1 Å². The van der Waals surface area contributed by atoms with Crippen molar-refractivity contribution in [3.63, 3.8) is 0 Å². The van der Waals surface area contributed by atoms with Crippen LogP contribution in [0.4, 0.5) is 4.39 Å². The van der Waals surface area contributed by atoms with Gasteiger partial charge in [0, 0.05) is 24.5 Å². The Hall–Kier alpha value is -2.11. The molecule has 0 saturated carbocycles. The number of nitrogens with zero attached hydrogens (tertiary/aromatic N) is 1. The van der Waals surface area contributed by atoms with Gasteiger partial charge in [-0.05, 0) is 38.5 Å². The summed E-state index contributed by atoms with van der Waals surface area (Å²) < 4.78 is 13.1. The molecule has 0 aliphatic rings. The first-order valence-corrected chi connectivity index (χ1v) is 8.05. The zero-order chi connectivity index (χ0) is 18.4. The van der Waals surface area contributed by atoms with Crippen LogP contribution < -0.4 is 16.0 Å². The molecule has 1 rings (SSSR count). The Morgan fingerprint density at radius 3 is 2.17 bits per heavy atom. The molecule has 3 N–H and O–H groups in total. The summed E-state index contributed by atoms with van der Waals surface area (Å²) in [6.07, 6.45) is 0. The highest BCUT2D eigenvalue weighted by atomic mass is 19.1. The lowest BCUT2D eigenvalue weighted by Crippen LogP contribution is -2.49. The van der Waals surface area contributed by atoms with Crippen molar-refractivity contribution in [3.05, 3.63) is 35.6 Å². The van der Waals surface area contributed by atoms with Gasteiger partial charge in [-0.25, -0.2) is 4.39 Å². The van der Waals surface area contributed by atoms with Gasteiger partial charge in [-0.2, -0.15) is 0 Å². The minimum atomic E-state index is -0.264. The number of hydrogen-bond acceptors (Lipinski definition) is 2. The van der Waals surface area contributed by atoms with Crippen molar-refractivity contribution in [2.75, 3.05) is 20.1 Å². The van der Waals surface area contributed by atoms with Gasteiger partial charge in [0.1, 0.15) is 5.82 Å². The molecule has 24 heavy (non-hydrogen) atoms. The number of carbonyl (C=O) groups excluding carboxylic acids is 1. The molecule has 134 valence electrons. The molecule has 0 aliphatic carbocycles. The van der Waals surface area contributed by atoms with Crippen LogP contribution in [0.2, 0.25) is 0 Å². The third kappa shape index (κ3) is 6.98. The van der Waals surface area contributed by atoms with Crippen molar-refractivity contribution >= 4 is 11.9 Å². The van der Waals surface area contributed by atoms with Crippen LogP contribution in [-0.2, 0) is 10.2 Å². The van der Waals surface area contributed by atoms with E-state index in [0.29, 0.717) is 12.5 Å². The molecule has 1 amide bonds. The summed E-state index contributed by atoms with van der Waals surface area (Å²) in [5, 5.41) is 9.08. The summed E-state index contributed by atoms with van der Waals surface area (Å²) in [6, 6.07) is 6.48. The lowest BCUT2D eigenvalue weighted by molar-refractivity contribution is -0.121. The Labute approximate surface area is 144 Å². The van der Waals surface area contributed by atoms with Gasteiger partial charge in [-0.3, -0.25) is 9.79 Å². The van der Waals surface area contributed by atoms with E-state index in [0.717, 1.165) is 5.56 Å². The Morgan fingerprint density at radius 1 is 1.08 bits per heavy atom. The minimum absolute atomic E-state index is 0.0942. The molecule has 1 aromatic carbocycles. The molecule has 0 unspecified atom stereocenters. The quantitative estimate of drug-likeness (QED) is 0.570. The van der Waals surface area contributed by atoms with Gasteiger partial charge in [0.2, 0.25) is 5.91 Å². The van der Waals surface area contributed by atoms with Crippen LogP contribution in [0.1, 0.15) is 40.2 Å². The smallest absolute Gasteiger partial charge is 0.239 e. The summed E-state index contributed by atoms with van der Waals surface area (Å²) in [4.78, 5) is 16.0. The molecule has 5 nitrogen and oxygen atoms in total. The van der Waals surface area contributed by atoms with E-state index in [1.807, 2.05) is 20.8 Å². The number of carbonyl (C=O) groups is 1. The van der Waals surface area contributed by atoms with Gasteiger partial charge in [0.25, 0.3) is 0 Å². The Morgan fingerprint density at radius 2 is 1.67 bits per heavy atom. The number of rotatable bonds is 5. The third-order valence-corrected chi connectivity index (χ3v) is 3.48. The van der Waals surface area contributed by atoms with Crippen molar-refractivity contribution in [2.24, 2.45) is 4.99 Å². The monoisotopic (exact) mass is 336 g/mol. The molecule has 6 heteroatoms. The fourth-order valence-electron chi connectivity index (χ4n) is 2.15. The Bertz CT molecular complexity index is 574. The fourth-order valence-corrected chi connectivity index (χ4v) is 2.15. The van der Waals surface area contributed by atoms with E-state index in [9.17, 15) is 9.18 Å². The molecule has 1 aromatic rings. The fraction of sp³-hybridized carbons (Fsp3) is 0.556. The van der Waals surface area contributed by atoms with Crippen molar-refractivity contribution in [1.29, 1.82) is 0 Å². The third-order valence-electron chi connectivity index (χ3n) is 3.48. The Kier molecular flexibility index (Phi) is 6.75. The molecule has 0 atom stereocenters. The zero-order valence-electron chi connectivity index (χ0n) is 15.5. The number of nitrogens with one attached hydrogen (secondary N) is 3. The predicted octanol–water partition coefficient (Wildman–Crippen LogP) is 2.18. The van der Waals surface area contributed by atoms with Gasteiger partial charge in [-0.15, -0.1) is 0 Å². The zero-order valence-corrected chi connectivity index (χ0v) is 15.5. The molecule has 0 bridgehead atoms. The highest BCUT2D eigenvalue weighted by Gasteiger charge is 2.21. The van der Waals surface area contributed by atoms with Crippen molar-refractivity contribution in [3.8, 4) is 0 Å². The number of aliphatic imine (C=N–C) groups is 1. The lowest BCUT2D eigenvalue weighted by Gasteiger charge is -2.27. The van der Waals surface area contributed by atoms with Crippen LogP contribution in [-0.4, -0.2) is 37.5 Å². The van der Waals surface area contributed by atoms with Gasteiger partial charge >= 0.3 is 0 Å². The van der Waals surface area contributed by atoms with E-state index in [2.05, 4.69) is 34.8 Å². The normalized spacial score (nSPS) is 12.7. The van der Waals surface area contributed by atoms with E-state index in [-0.39, 0.29) is 29.2 Å². The lowest BCUT2D eigenvalue weighted by atomic mass is 9.84. The van der Waals surface area contributed by atoms with Gasteiger partial charge in [0.15, 0.2) is 5.96 Å². The van der Waals surface area contributed by atoms with E-state index < -0.39 is 0 Å². The van der Waals surface area contributed by atoms with Gasteiger partial charge in [-0.1, -0.05) is 26.0 Å². The molecular formula is C18H29FN4O. The molecule has 0 saturated heterocycles. The second-order valence-corrected chi connectivity index (χ2v) is 7.47. The van der Waals surface area contributed by atoms with Crippen molar-refractivity contribution in [1.82, 2.24) is 16.0 Å². The number of halogens is 1. The number of amides is 1. The molecule has 0 aliphatic heterocycles. The summed E-state index contributed by atoms with van der Waals surface area (Å²) in [6.45, 7) is 10.7. The maximum Gasteiger partial charge on any atom is 0.239 e. The summed E-state index contributed by atoms with van der Waals surface area (Å²) in [5.74, 6) is 0.210. The van der Waals surface area contributed by atoms with Crippen LogP contribution in [0.25, 0.3) is 0 Å². The van der Waals surface area contributed by atoms with Crippen LogP contribution in [0.3, 0.4) is 0 Å². The number of hydrogen-bond donors (Lipinski definition) is 3. The highest BCUT2D eigenvalue weighted by Crippen LogP contribution is 2.22. The highest BCUT2D eigenvalue weighted by molar-refractivity contribution is 5.86. The topological polar surface area (TPSA) is 65.5 Å². The SMILES string of the molecule is CN=C(NCC(=O)NC(C)(C)C)NCC(C)(C)c1ccc(F)cc1. The van der Waals surface area contributed by atoms with E-state index in [4.69, 9.17) is 0 Å². The van der Waals surface area contributed by atoms with E-state index in [1.54, 1.807) is 19.2 Å². The standard InChI is InChI=1S/C18H29FN4O/c1-17(2,3)23-15(24)11-21-16(20-6)22-12-18(4,5)13-7-9-14(19)10-8-13/h7-10H,11-12H2,1-6H3,(H,23,24)(H2,20,21,22). The van der Waals surface area contributed by atoms with Crippen LogP contribution in [0.5, 0.6) is 0 Å². The molecular weight excluding hydrogens is 307 g/mol. The molecule has 0 heterocycles. The first-order chi connectivity index (χ1) is 11.0. The molecule has 0 spiro atoms. The molecule has 0 fully saturated rings. The number of guanidine groups is 1. The maximum atomic E-state index is 13.1. The molecule has 0 aromatic heterocycles. The van der Waals surface area contributed by atoms with E-state index >= 15 is 0 Å². The van der Waals surface area contributed by atoms with Crippen molar-refractivity contribution < 1.29 is 9.18 Å². The first-order valence-electron chi connectivity index (χ1n) is 8.05. The van der Waals surface area contributed by atoms with Crippen LogP contribution in [0.15, 0.2) is 29.3 Å². The summed E-state index contributed by atoms with van der Waals surface area (Å²) >= 11 is 0. The summed E-state index contributed by atoms with van der Waals surface area (Å²) in [5.41, 5.74) is 0.552. The van der Waals surface area contributed by atoms with Crippen molar-refractivity contribution in [2.45, 2.75) is 45.6 Å². The Balaban J connectivity index is 2.54. The second-order valence-electron chi connectivity index (χ2n) is 7.47. The minimum Gasteiger partial charge on any atom is -0.356 e. The largest absolute Gasteiger partial charge is 0.356 e. The summed E-state index contributed by atoms with van der Waals surface area (Å²) in [7, 11) is 1.65. The number of benzene rings is 1. The van der Waals surface area contributed by atoms with Gasteiger partial charge < -0.3 is 16.0 Å². The second kappa shape index (κ2) is 8.13.